The van der Waals surface area contributed by atoms with Crippen molar-refractivity contribution in [1.82, 2.24) is 4.98 Å². The molecule has 2 heterocycles. The van der Waals surface area contributed by atoms with Crippen molar-refractivity contribution in [3.63, 3.8) is 0 Å². The molecule has 0 saturated carbocycles. The molecule has 23 heavy (non-hydrogen) atoms. The smallest absolute Gasteiger partial charge is 0.248 e. The van der Waals surface area contributed by atoms with Gasteiger partial charge in [0, 0.05) is 42.7 Å². The van der Waals surface area contributed by atoms with Gasteiger partial charge in [0.2, 0.25) is 5.91 Å². The molecule has 1 aliphatic heterocycles. The van der Waals surface area contributed by atoms with E-state index in [1.165, 1.54) is 6.42 Å². The summed E-state index contributed by atoms with van der Waals surface area (Å²) in [7, 11) is 1.75. The third-order valence-electron chi connectivity index (χ3n) is 4.29. The second kappa shape index (κ2) is 7.42. The number of carbonyl (C=O) groups is 1. The molecule has 1 aromatic carbocycles. The van der Waals surface area contributed by atoms with E-state index in [-0.39, 0.29) is 7.43 Å². The second-order valence-electron chi connectivity index (χ2n) is 5.87. The summed E-state index contributed by atoms with van der Waals surface area (Å²) in [5, 5.41) is 2.06. The van der Waals surface area contributed by atoms with Crippen molar-refractivity contribution < 1.29 is 9.53 Å². The molecular formula is C18H25N3O2. The topological polar surface area (TPSA) is 68.4 Å². The zero-order chi connectivity index (χ0) is 15.5. The van der Waals surface area contributed by atoms with Crippen molar-refractivity contribution >= 4 is 22.4 Å². The average Bonchev–Trinajstić information content (AvgIpc) is 2.54. The molecule has 1 saturated heterocycles. The summed E-state index contributed by atoms with van der Waals surface area (Å²) in [5.74, 6) is 0.133. The molecule has 1 fully saturated rings. The van der Waals surface area contributed by atoms with Crippen molar-refractivity contribution in [3.8, 4) is 0 Å². The number of methoxy groups -OCH3 is 1. The van der Waals surface area contributed by atoms with E-state index in [4.69, 9.17) is 10.5 Å². The lowest BCUT2D eigenvalue weighted by Crippen LogP contribution is -2.37. The van der Waals surface area contributed by atoms with Gasteiger partial charge in [-0.3, -0.25) is 9.78 Å². The average molecular weight is 315 g/mol. The van der Waals surface area contributed by atoms with Gasteiger partial charge in [-0.15, -0.1) is 0 Å². The van der Waals surface area contributed by atoms with Gasteiger partial charge in [0.1, 0.15) is 0 Å². The Kier molecular flexibility index (Phi) is 5.55. The minimum absolute atomic E-state index is 0. The highest BCUT2D eigenvalue weighted by atomic mass is 16.5. The van der Waals surface area contributed by atoms with E-state index < -0.39 is 5.91 Å². The number of ether oxygens (including phenoxy) is 1. The third kappa shape index (κ3) is 3.62. The van der Waals surface area contributed by atoms with Crippen LogP contribution in [0.3, 0.4) is 0 Å². The lowest BCUT2D eigenvalue weighted by Gasteiger charge is -2.34. The molecule has 1 atom stereocenters. The number of nitrogens with zero attached hydrogens (tertiary/aromatic N) is 2. The Bertz CT molecular complexity index is 685. The molecule has 3 rings (SSSR count). The SMILES string of the molecule is C.COC[C@H]1CCCN(c2cncc3ccc(C(N)=O)cc23)C1. The van der Waals surface area contributed by atoms with Gasteiger partial charge in [0.05, 0.1) is 18.5 Å². The molecule has 124 valence electrons. The summed E-state index contributed by atoms with van der Waals surface area (Å²) in [6.07, 6.45) is 6.03. The van der Waals surface area contributed by atoms with E-state index in [1.54, 1.807) is 13.2 Å². The van der Waals surface area contributed by atoms with E-state index in [0.29, 0.717) is 11.5 Å². The summed E-state index contributed by atoms with van der Waals surface area (Å²) in [6.45, 7) is 2.73. The zero-order valence-electron chi connectivity index (χ0n) is 12.8. The highest BCUT2D eigenvalue weighted by Gasteiger charge is 2.21. The Labute approximate surface area is 137 Å². The highest BCUT2D eigenvalue weighted by Crippen LogP contribution is 2.30. The Morgan fingerprint density at radius 2 is 2.26 bits per heavy atom. The van der Waals surface area contributed by atoms with Crippen molar-refractivity contribution in [2.75, 3.05) is 31.7 Å². The number of hydrogen-bond acceptors (Lipinski definition) is 4. The maximum atomic E-state index is 11.4. The number of piperidine rings is 1. The van der Waals surface area contributed by atoms with Crippen molar-refractivity contribution in [2.45, 2.75) is 20.3 Å². The quantitative estimate of drug-likeness (QED) is 0.942. The van der Waals surface area contributed by atoms with Crippen molar-refractivity contribution in [3.05, 3.63) is 36.2 Å². The molecule has 5 nitrogen and oxygen atoms in total. The molecule has 0 unspecified atom stereocenters. The maximum Gasteiger partial charge on any atom is 0.248 e. The van der Waals surface area contributed by atoms with Crippen molar-refractivity contribution in [2.24, 2.45) is 11.7 Å². The second-order valence-corrected chi connectivity index (χ2v) is 5.87. The van der Waals surface area contributed by atoms with Gasteiger partial charge < -0.3 is 15.4 Å². The van der Waals surface area contributed by atoms with E-state index in [2.05, 4.69) is 9.88 Å². The van der Waals surface area contributed by atoms with Crippen LogP contribution in [0.2, 0.25) is 0 Å². The summed E-state index contributed by atoms with van der Waals surface area (Å²) in [6, 6.07) is 5.52. The molecular weight excluding hydrogens is 290 g/mol. The lowest BCUT2D eigenvalue weighted by atomic mass is 9.97. The summed E-state index contributed by atoms with van der Waals surface area (Å²) >= 11 is 0. The van der Waals surface area contributed by atoms with Crippen LogP contribution >= 0.6 is 0 Å². The molecule has 5 heteroatoms. The van der Waals surface area contributed by atoms with Crippen molar-refractivity contribution in [1.29, 1.82) is 0 Å². The highest BCUT2D eigenvalue weighted by molar-refractivity contribution is 6.01. The van der Waals surface area contributed by atoms with Crippen LogP contribution in [-0.4, -0.2) is 37.7 Å². The number of primary amides is 1. The first-order valence-electron chi connectivity index (χ1n) is 7.60. The van der Waals surface area contributed by atoms with Crippen LogP contribution in [0.25, 0.3) is 10.8 Å². The summed E-state index contributed by atoms with van der Waals surface area (Å²) in [5.41, 5.74) is 7.01. The first-order valence-corrected chi connectivity index (χ1v) is 7.60. The van der Waals surface area contributed by atoms with Crippen LogP contribution in [0.4, 0.5) is 5.69 Å². The maximum absolute atomic E-state index is 11.4. The number of carbonyl (C=O) groups excluding carboxylic acids is 1. The fourth-order valence-corrected chi connectivity index (χ4v) is 3.21. The standard InChI is InChI=1S/C17H21N3O2.CH4/c1-22-11-12-3-2-6-20(10-12)16-9-19-8-14-5-4-13(17(18)21)7-15(14)16;/h4-5,7-9,12H,2-3,6,10-11H2,1H3,(H2,18,21);1H4/t12-;/m0./s1. The Morgan fingerprint density at radius 1 is 1.43 bits per heavy atom. The summed E-state index contributed by atoms with van der Waals surface area (Å²) < 4.78 is 5.30. The van der Waals surface area contributed by atoms with Gasteiger partial charge >= 0.3 is 0 Å². The summed E-state index contributed by atoms with van der Waals surface area (Å²) in [4.78, 5) is 18.1. The first-order chi connectivity index (χ1) is 10.7. The minimum atomic E-state index is -0.402. The monoisotopic (exact) mass is 315 g/mol. The van der Waals surface area contributed by atoms with Crippen LogP contribution in [0.1, 0.15) is 30.6 Å². The Hall–Kier alpha value is -2.14. The molecule has 0 radical (unpaired) electrons. The fourth-order valence-electron chi connectivity index (χ4n) is 3.21. The van der Waals surface area contributed by atoms with Gasteiger partial charge in [-0.25, -0.2) is 0 Å². The number of benzene rings is 1. The number of aromatic nitrogens is 1. The van der Waals surface area contributed by atoms with Crippen LogP contribution in [0.5, 0.6) is 0 Å². The molecule has 2 N–H and O–H groups in total. The number of amides is 1. The van der Waals surface area contributed by atoms with Crippen LogP contribution in [0, 0.1) is 5.92 Å². The van der Waals surface area contributed by atoms with Crippen LogP contribution in [0.15, 0.2) is 30.6 Å². The number of anilines is 1. The number of hydrogen-bond donors (Lipinski definition) is 1. The molecule has 0 aliphatic carbocycles. The molecule has 0 spiro atoms. The van der Waals surface area contributed by atoms with E-state index >= 15 is 0 Å². The van der Waals surface area contributed by atoms with Gasteiger partial charge in [0.25, 0.3) is 0 Å². The van der Waals surface area contributed by atoms with E-state index in [1.807, 2.05) is 24.5 Å². The largest absolute Gasteiger partial charge is 0.384 e. The van der Waals surface area contributed by atoms with E-state index in [0.717, 1.165) is 42.6 Å². The number of nitrogens with two attached hydrogens (primary N) is 1. The van der Waals surface area contributed by atoms with Gasteiger partial charge in [-0.1, -0.05) is 13.5 Å². The first kappa shape index (κ1) is 17.2. The Morgan fingerprint density at radius 3 is 3.00 bits per heavy atom. The van der Waals surface area contributed by atoms with Gasteiger partial charge in [-0.05, 0) is 30.9 Å². The van der Waals surface area contributed by atoms with Gasteiger partial charge in [-0.2, -0.15) is 0 Å². The predicted molar refractivity (Wildman–Crippen MR) is 93.8 cm³/mol. The number of rotatable bonds is 4. The molecule has 0 bridgehead atoms. The molecule has 2 aromatic rings. The normalized spacial score (nSPS) is 17.8. The fraction of sp³-hybridized carbons (Fsp3) is 0.444. The predicted octanol–water partition coefficient (Wildman–Crippen LogP) is 2.83. The lowest BCUT2D eigenvalue weighted by molar-refractivity contribution is 0.100. The zero-order valence-corrected chi connectivity index (χ0v) is 12.8. The molecule has 1 aromatic heterocycles. The molecule has 1 amide bonds. The van der Waals surface area contributed by atoms with Crippen LogP contribution in [-0.2, 0) is 4.74 Å². The number of fused-ring (bicyclic) bond motifs is 1. The Balaban J connectivity index is 0.00000192. The number of pyridine rings is 1. The minimum Gasteiger partial charge on any atom is -0.384 e. The van der Waals surface area contributed by atoms with Crippen LogP contribution < -0.4 is 10.6 Å². The molecule has 1 aliphatic rings. The third-order valence-corrected chi connectivity index (χ3v) is 4.29. The van der Waals surface area contributed by atoms with E-state index in [9.17, 15) is 4.79 Å². The van der Waals surface area contributed by atoms with Gasteiger partial charge in [0.15, 0.2) is 0 Å².